The molecule has 2 heteroatoms. The number of carbonyl (C=O) groups excluding carboxylic acids is 1. The van der Waals surface area contributed by atoms with Gasteiger partial charge < -0.3 is 5.32 Å². The van der Waals surface area contributed by atoms with E-state index in [1.807, 2.05) is 13.8 Å². The van der Waals surface area contributed by atoms with Crippen LogP contribution in [-0.4, -0.2) is 5.78 Å². The van der Waals surface area contributed by atoms with E-state index in [0.29, 0.717) is 5.57 Å². The number of nitrogens with one attached hydrogen (secondary N) is 1. The summed E-state index contributed by atoms with van der Waals surface area (Å²) in [4.78, 5) is 11.2. The van der Waals surface area contributed by atoms with Crippen LogP contribution in [-0.2, 0) is 4.79 Å². The second-order valence-electron chi connectivity index (χ2n) is 2.75. The summed E-state index contributed by atoms with van der Waals surface area (Å²) in [5, 5.41) is 2.69. The average molecular weight is 165 g/mol. The summed E-state index contributed by atoms with van der Waals surface area (Å²) in [6.07, 6.45) is 4.49. The molecule has 0 aromatic carbocycles. The maximum absolute atomic E-state index is 11.2. The van der Waals surface area contributed by atoms with Crippen LogP contribution in [0.15, 0.2) is 37.2 Å². The lowest BCUT2D eigenvalue weighted by molar-refractivity contribution is -0.111. The van der Waals surface area contributed by atoms with E-state index in [9.17, 15) is 4.79 Å². The molecule has 0 fully saturated rings. The minimum Gasteiger partial charge on any atom is -0.368 e. The van der Waals surface area contributed by atoms with Gasteiger partial charge in [0.25, 0.3) is 0 Å². The van der Waals surface area contributed by atoms with Crippen LogP contribution in [0.1, 0.15) is 13.8 Å². The lowest BCUT2D eigenvalue weighted by atomic mass is 10.0. The molecular formula is C10H15NO. The molecule has 0 aromatic rings. The molecule has 0 radical (unpaired) electrons. The molecular weight excluding hydrogens is 150 g/mol. The number of allylic oxidation sites excluding steroid dienone is 2. The van der Waals surface area contributed by atoms with Crippen molar-refractivity contribution in [1.29, 1.82) is 0 Å². The average Bonchev–Trinajstić information content (AvgIpc) is 2.03. The Labute approximate surface area is 73.7 Å². The second-order valence-corrected chi connectivity index (χ2v) is 2.75. The zero-order chi connectivity index (χ0) is 9.56. The monoisotopic (exact) mass is 165 g/mol. The molecule has 0 bridgehead atoms. The summed E-state index contributed by atoms with van der Waals surface area (Å²) in [7, 11) is 0. The maximum atomic E-state index is 11.2. The van der Waals surface area contributed by atoms with Crippen LogP contribution in [0.3, 0.4) is 0 Å². The molecule has 0 amide bonds. The van der Waals surface area contributed by atoms with Crippen molar-refractivity contribution in [1.82, 2.24) is 5.32 Å². The van der Waals surface area contributed by atoms with Gasteiger partial charge in [-0.2, -0.15) is 0 Å². The molecule has 66 valence electrons. The summed E-state index contributed by atoms with van der Waals surface area (Å²) in [6, 6.07) is 0. The molecule has 2 nitrogen and oxygen atoms in total. The highest BCUT2D eigenvalue weighted by molar-refractivity contribution is 6.03. The van der Waals surface area contributed by atoms with E-state index < -0.39 is 0 Å². The molecule has 0 unspecified atom stereocenters. The Morgan fingerprint density at radius 3 is 2.50 bits per heavy atom. The van der Waals surface area contributed by atoms with Crippen molar-refractivity contribution in [2.45, 2.75) is 13.8 Å². The van der Waals surface area contributed by atoms with E-state index >= 15 is 0 Å². The van der Waals surface area contributed by atoms with Crippen LogP contribution in [0.4, 0.5) is 0 Å². The fraction of sp³-hybridized carbons (Fsp3) is 0.300. The molecule has 0 heterocycles. The maximum Gasteiger partial charge on any atom is 0.182 e. The van der Waals surface area contributed by atoms with Crippen molar-refractivity contribution in [3.63, 3.8) is 0 Å². The van der Waals surface area contributed by atoms with E-state index in [-0.39, 0.29) is 11.7 Å². The highest BCUT2D eigenvalue weighted by atomic mass is 16.1. The zero-order valence-corrected chi connectivity index (χ0v) is 7.63. The fourth-order valence-corrected chi connectivity index (χ4v) is 0.583. The molecule has 0 saturated heterocycles. The van der Waals surface area contributed by atoms with E-state index in [4.69, 9.17) is 0 Å². The molecule has 0 aliphatic carbocycles. The lowest BCUT2D eigenvalue weighted by Crippen LogP contribution is -2.05. The largest absolute Gasteiger partial charge is 0.368 e. The predicted molar refractivity (Wildman–Crippen MR) is 51.5 cm³/mol. The van der Waals surface area contributed by atoms with Gasteiger partial charge in [-0.25, -0.2) is 0 Å². The van der Waals surface area contributed by atoms with Crippen LogP contribution in [0.5, 0.6) is 0 Å². The van der Waals surface area contributed by atoms with Crippen molar-refractivity contribution < 1.29 is 4.79 Å². The Morgan fingerprint density at radius 1 is 1.50 bits per heavy atom. The van der Waals surface area contributed by atoms with Crippen LogP contribution in [0.2, 0.25) is 0 Å². The Kier molecular flexibility index (Phi) is 4.77. The van der Waals surface area contributed by atoms with E-state index in [2.05, 4.69) is 18.5 Å². The van der Waals surface area contributed by atoms with Gasteiger partial charge in [0, 0.05) is 12.3 Å². The molecule has 1 N–H and O–H groups in total. The summed E-state index contributed by atoms with van der Waals surface area (Å²) >= 11 is 0. The number of ketones is 1. The van der Waals surface area contributed by atoms with Gasteiger partial charge in [0.15, 0.2) is 5.78 Å². The van der Waals surface area contributed by atoms with Crippen molar-refractivity contribution in [3.8, 4) is 0 Å². The summed E-state index contributed by atoms with van der Waals surface area (Å²) in [6.45, 7) is 11.0. The third kappa shape index (κ3) is 3.76. The number of hydrogen-bond donors (Lipinski definition) is 1. The van der Waals surface area contributed by atoms with Gasteiger partial charge in [-0.1, -0.05) is 27.0 Å². The van der Waals surface area contributed by atoms with E-state index in [1.165, 1.54) is 12.3 Å². The third-order valence-corrected chi connectivity index (χ3v) is 1.46. The topological polar surface area (TPSA) is 29.1 Å². The van der Waals surface area contributed by atoms with Crippen LogP contribution in [0.25, 0.3) is 0 Å². The Hall–Kier alpha value is -1.31. The van der Waals surface area contributed by atoms with Crippen LogP contribution < -0.4 is 5.32 Å². The molecule has 0 aromatic heterocycles. The van der Waals surface area contributed by atoms with E-state index in [1.54, 1.807) is 6.20 Å². The minimum absolute atomic E-state index is 0.0423. The van der Waals surface area contributed by atoms with Gasteiger partial charge >= 0.3 is 0 Å². The van der Waals surface area contributed by atoms with Crippen LogP contribution >= 0.6 is 0 Å². The van der Waals surface area contributed by atoms with Crippen molar-refractivity contribution >= 4 is 5.78 Å². The van der Waals surface area contributed by atoms with Gasteiger partial charge in [0.2, 0.25) is 0 Å². The predicted octanol–water partition coefficient (Wildman–Crippen LogP) is 2.01. The van der Waals surface area contributed by atoms with Gasteiger partial charge in [-0.15, -0.1) is 0 Å². The Morgan fingerprint density at radius 2 is 2.08 bits per heavy atom. The first-order valence-electron chi connectivity index (χ1n) is 3.86. The first-order valence-corrected chi connectivity index (χ1v) is 3.86. The molecule has 0 atom stereocenters. The highest BCUT2D eigenvalue weighted by Gasteiger charge is 2.06. The van der Waals surface area contributed by atoms with Crippen molar-refractivity contribution in [2.75, 3.05) is 0 Å². The molecule has 0 aliphatic heterocycles. The second kappa shape index (κ2) is 5.35. The first kappa shape index (κ1) is 10.7. The smallest absolute Gasteiger partial charge is 0.182 e. The normalized spacial score (nSPS) is 10.2. The Bertz CT molecular complexity index is 214. The summed E-state index contributed by atoms with van der Waals surface area (Å²) in [5.74, 6) is 0.158. The van der Waals surface area contributed by atoms with Gasteiger partial charge in [-0.05, 0) is 17.7 Å². The molecule has 12 heavy (non-hydrogen) atoms. The first-order chi connectivity index (χ1) is 5.59. The fourth-order valence-electron chi connectivity index (χ4n) is 0.583. The van der Waals surface area contributed by atoms with E-state index in [0.717, 1.165) is 0 Å². The number of hydrogen-bond acceptors (Lipinski definition) is 2. The number of rotatable bonds is 5. The lowest BCUT2D eigenvalue weighted by Gasteiger charge is -2.03. The minimum atomic E-state index is -0.0423. The number of carbonyl (C=O) groups is 1. The van der Waals surface area contributed by atoms with Gasteiger partial charge in [0.05, 0.1) is 0 Å². The highest BCUT2D eigenvalue weighted by Crippen LogP contribution is 2.07. The van der Waals surface area contributed by atoms with Crippen molar-refractivity contribution in [2.24, 2.45) is 5.92 Å². The molecule has 0 aliphatic rings. The summed E-state index contributed by atoms with van der Waals surface area (Å²) < 4.78 is 0. The quantitative estimate of drug-likeness (QED) is 0.631. The van der Waals surface area contributed by atoms with Crippen molar-refractivity contribution in [3.05, 3.63) is 37.2 Å². The molecule has 0 rings (SSSR count). The SMILES string of the molecule is C=CN/C=C\C(=O)C(=C)C(C)C. The van der Waals surface area contributed by atoms with Crippen LogP contribution in [0, 0.1) is 5.92 Å². The Balaban J connectivity index is 4.04. The zero-order valence-electron chi connectivity index (χ0n) is 7.63. The standard InChI is InChI=1S/C10H15NO/c1-5-11-7-6-10(12)9(4)8(2)3/h5-8,11H,1,4H2,2-3H3/b7-6-. The summed E-state index contributed by atoms with van der Waals surface area (Å²) in [5.41, 5.74) is 0.622. The van der Waals surface area contributed by atoms with Gasteiger partial charge in [-0.3, -0.25) is 4.79 Å². The molecule has 0 saturated carbocycles. The van der Waals surface area contributed by atoms with Gasteiger partial charge in [0.1, 0.15) is 0 Å². The molecule has 0 spiro atoms. The third-order valence-electron chi connectivity index (χ3n) is 1.46.